The van der Waals surface area contributed by atoms with Crippen LogP contribution >= 0.6 is 0 Å². The first kappa shape index (κ1) is 57.0. The van der Waals surface area contributed by atoms with Crippen LogP contribution in [0.3, 0.4) is 0 Å². The lowest BCUT2D eigenvalue weighted by atomic mass is 10.1. The number of hydrogen-bond donors (Lipinski definition) is 14. The number of nitrogens with one attached hydrogen (secondary N) is 4. The molecule has 2 aromatic carbocycles. The van der Waals surface area contributed by atoms with Crippen molar-refractivity contribution < 1.29 is 82.5 Å². The summed E-state index contributed by atoms with van der Waals surface area (Å²) in [6.45, 7) is -2.94. The molecule has 0 aliphatic rings. The van der Waals surface area contributed by atoms with Crippen molar-refractivity contribution >= 4 is 99.7 Å². The smallest absolute Gasteiger partial charge is 0.295 e. The summed E-state index contributed by atoms with van der Waals surface area (Å²) in [6.07, 6.45) is -0.0988. The highest BCUT2D eigenvalue weighted by atomic mass is 32.2. The van der Waals surface area contributed by atoms with Gasteiger partial charge in [-0.2, -0.15) is 63.6 Å². The SMILES string of the molecule is O=S(=O)(O)CCNc1nc(Nc2ccc(/C=C/c3ccc(Nc4nc(NCCS(=O)(=O)O)nc(N(CCO)CCC(O)CO)n4)cc3S(=O)(=O)O)c(S(=O)(=O)O)c2)nc(N(CCO)CCC(O)CO)n1. The van der Waals surface area contributed by atoms with E-state index in [0.717, 1.165) is 24.3 Å². The van der Waals surface area contributed by atoms with Gasteiger partial charge >= 0.3 is 0 Å². The van der Waals surface area contributed by atoms with Crippen molar-refractivity contribution in [3.05, 3.63) is 47.5 Å². The Kier molecular flexibility index (Phi) is 20.8. The number of anilines is 8. The molecule has 70 heavy (non-hydrogen) atoms. The molecule has 0 aliphatic heterocycles. The molecular weight excluding hydrogens is 1020 g/mol. The molecule has 0 radical (unpaired) electrons. The van der Waals surface area contributed by atoms with E-state index in [-0.39, 0.29) is 110 Å². The van der Waals surface area contributed by atoms with E-state index in [0.29, 0.717) is 0 Å². The molecule has 2 unspecified atom stereocenters. The summed E-state index contributed by atoms with van der Waals surface area (Å²) in [7, 11) is -18.9. The highest BCUT2D eigenvalue weighted by Crippen LogP contribution is 2.29. The van der Waals surface area contributed by atoms with Gasteiger partial charge in [0, 0.05) is 50.6 Å². The zero-order chi connectivity index (χ0) is 51.9. The van der Waals surface area contributed by atoms with Crippen LogP contribution in [0.25, 0.3) is 12.2 Å². The Morgan fingerprint density at radius 2 is 0.871 bits per heavy atom. The molecule has 0 spiro atoms. The van der Waals surface area contributed by atoms with Crippen LogP contribution in [0.1, 0.15) is 24.0 Å². The summed E-state index contributed by atoms with van der Waals surface area (Å²) >= 11 is 0. The largest absolute Gasteiger partial charge is 0.395 e. The quantitative estimate of drug-likeness (QED) is 0.0196. The van der Waals surface area contributed by atoms with E-state index >= 15 is 0 Å². The molecule has 2 heterocycles. The normalized spacial score (nSPS) is 13.2. The highest BCUT2D eigenvalue weighted by molar-refractivity contribution is 7.86. The summed E-state index contributed by atoms with van der Waals surface area (Å²) in [5.74, 6) is -2.87. The van der Waals surface area contributed by atoms with Crippen LogP contribution in [0.2, 0.25) is 0 Å². The molecular formula is C36H52N12O18S4. The Morgan fingerprint density at radius 3 is 1.19 bits per heavy atom. The lowest BCUT2D eigenvalue weighted by Gasteiger charge is -2.23. The van der Waals surface area contributed by atoms with Crippen molar-refractivity contribution in [2.45, 2.75) is 34.8 Å². The molecule has 0 fully saturated rings. The molecule has 4 rings (SSSR count). The monoisotopic (exact) mass is 1070 g/mol. The number of aromatic nitrogens is 6. The Morgan fingerprint density at radius 1 is 0.514 bits per heavy atom. The van der Waals surface area contributed by atoms with Crippen molar-refractivity contribution in [1.82, 2.24) is 29.9 Å². The van der Waals surface area contributed by atoms with Gasteiger partial charge in [0.1, 0.15) is 9.79 Å². The maximum absolute atomic E-state index is 12.7. The molecule has 388 valence electrons. The summed E-state index contributed by atoms with van der Waals surface area (Å²) in [6, 6.07) is 6.89. The Hall–Kier alpha value is -5.60. The van der Waals surface area contributed by atoms with Gasteiger partial charge in [0.15, 0.2) is 0 Å². The number of aliphatic hydroxyl groups is 6. The van der Waals surface area contributed by atoms with Crippen LogP contribution in [-0.4, -0.2) is 202 Å². The molecule has 14 N–H and O–H groups in total. The second-order valence-electron chi connectivity index (χ2n) is 14.7. The van der Waals surface area contributed by atoms with Gasteiger partial charge in [-0.15, -0.1) is 0 Å². The van der Waals surface area contributed by atoms with Crippen molar-refractivity contribution in [3.63, 3.8) is 0 Å². The van der Waals surface area contributed by atoms with E-state index in [2.05, 4.69) is 51.2 Å². The average Bonchev–Trinajstić information content (AvgIpc) is 3.27. The Labute approximate surface area is 401 Å². The van der Waals surface area contributed by atoms with Gasteiger partial charge < -0.3 is 61.7 Å². The zero-order valence-electron chi connectivity index (χ0n) is 36.6. The van der Waals surface area contributed by atoms with Gasteiger partial charge in [-0.05, 0) is 48.2 Å². The van der Waals surface area contributed by atoms with Crippen LogP contribution in [0, 0.1) is 0 Å². The fraction of sp³-hybridized carbons (Fsp3) is 0.444. The van der Waals surface area contributed by atoms with Crippen molar-refractivity contribution in [1.29, 1.82) is 0 Å². The van der Waals surface area contributed by atoms with Crippen molar-refractivity contribution in [3.8, 4) is 0 Å². The second kappa shape index (κ2) is 25.5. The molecule has 0 amide bonds. The van der Waals surface area contributed by atoms with E-state index in [4.69, 9.17) is 9.11 Å². The predicted octanol–water partition coefficient (Wildman–Crippen LogP) is -2.11. The maximum Gasteiger partial charge on any atom is 0.295 e. The van der Waals surface area contributed by atoms with E-state index in [1.165, 1.54) is 34.1 Å². The van der Waals surface area contributed by atoms with Crippen molar-refractivity contribution in [2.24, 2.45) is 0 Å². The molecule has 34 heteroatoms. The maximum atomic E-state index is 12.7. The van der Waals surface area contributed by atoms with Crippen LogP contribution in [0.15, 0.2) is 46.2 Å². The van der Waals surface area contributed by atoms with Gasteiger partial charge in [0.05, 0.1) is 50.1 Å². The fourth-order valence-electron chi connectivity index (χ4n) is 5.91. The van der Waals surface area contributed by atoms with Gasteiger partial charge in [-0.1, -0.05) is 24.3 Å². The van der Waals surface area contributed by atoms with Crippen LogP contribution < -0.4 is 31.1 Å². The molecule has 4 aromatic rings. The van der Waals surface area contributed by atoms with Crippen LogP contribution in [-0.2, 0) is 40.5 Å². The number of rotatable bonds is 30. The number of aliphatic hydroxyl groups excluding tert-OH is 6. The number of benzene rings is 2. The van der Waals surface area contributed by atoms with Crippen LogP contribution in [0.4, 0.5) is 47.1 Å². The molecule has 0 saturated carbocycles. The first-order valence-corrected chi connectivity index (χ1v) is 26.6. The minimum absolute atomic E-state index is 0.00342. The second-order valence-corrected chi connectivity index (χ2v) is 20.6. The Balaban J connectivity index is 1.70. The highest BCUT2D eigenvalue weighted by Gasteiger charge is 2.22. The van der Waals surface area contributed by atoms with Crippen LogP contribution in [0.5, 0.6) is 0 Å². The minimum Gasteiger partial charge on any atom is -0.395 e. The molecule has 0 bridgehead atoms. The Bertz CT molecular complexity index is 2690. The van der Waals surface area contributed by atoms with Gasteiger partial charge in [0.2, 0.25) is 35.7 Å². The number of nitrogens with zero attached hydrogens (tertiary/aromatic N) is 8. The van der Waals surface area contributed by atoms with Gasteiger partial charge in [-0.3, -0.25) is 18.2 Å². The first-order chi connectivity index (χ1) is 32.8. The third-order valence-corrected chi connectivity index (χ3v) is 12.5. The topological polar surface area (TPSA) is 471 Å². The fourth-order valence-corrected chi connectivity index (χ4v) is 8.05. The lowest BCUT2D eigenvalue weighted by molar-refractivity contribution is 0.0894. The van der Waals surface area contributed by atoms with Gasteiger partial charge in [-0.25, -0.2) is 0 Å². The minimum atomic E-state index is -5.06. The summed E-state index contributed by atoms with van der Waals surface area (Å²) < 4.78 is 135. The van der Waals surface area contributed by atoms with Crippen molar-refractivity contribution in [2.75, 3.05) is 108 Å². The molecule has 0 aliphatic carbocycles. The standard InChI is InChI=1S/C36H52N12O18S4/c49-15-13-47(11-7-27(53)21-51)35-43-31(37-9-17-67(55,56)57)41-33(45-35)39-25-5-3-23(29(19-25)69(61,62)63)1-2-24-4-6-26(20-30(24)70(64,65)66)40-34-42-32(38-10-18-68(58,59)60)44-36(46-34)48(14-16-50)12-8-28(54)22-52/h1-6,19-20,27-28,49-54H,7-18,21-22H2,(H,55,56,57)(H,58,59,60)(H,61,62,63)(H,64,65,66)(H2,37,39,41,43,45)(H2,38,40,42,44,46)/b2-1+. The lowest BCUT2D eigenvalue weighted by Crippen LogP contribution is -2.33. The molecule has 2 aromatic heterocycles. The average molecular weight is 1070 g/mol. The van der Waals surface area contributed by atoms with E-state index in [9.17, 15) is 73.4 Å². The third kappa shape index (κ3) is 19.0. The van der Waals surface area contributed by atoms with E-state index in [1.54, 1.807) is 0 Å². The predicted molar refractivity (Wildman–Crippen MR) is 251 cm³/mol. The first-order valence-electron chi connectivity index (χ1n) is 20.5. The zero-order valence-corrected chi connectivity index (χ0v) is 39.9. The summed E-state index contributed by atoms with van der Waals surface area (Å²) in [5.41, 5.74) is -0.542. The third-order valence-electron chi connectivity index (χ3n) is 9.26. The molecule has 2 atom stereocenters. The van der Waals surface area contributed by atoms with E-state index < -0.39 is 100 Å². The summed E-state index contributed by atoms with van der Waals surface area (Å²) in [4.78, 5) is 26.5. The molecule has 0 saturated heterocycles. The number of hydrogen-bond acceptors (Lipinski definition) is 26. The van der Waals surface area contributed by atoms with E-state index in [1.807, 2.05) is 0 Å². The summed E-state index contributed by atoms with van der Waals surface area (Å²) in [5, 5.41) is 68.3. The van der Waals surface area contributed by atoms with Gasteiger partial charge in [0.25, 0.3) is 40.5 Å². The molecule has 30 nitrogen and oxygen atoms in total.